The van der Waals surface area contributed by atoms with E-state index in [0.717, 1.165) is 37.2 Å². The van der Waals surface area contributed by atoms with Crippen LogP contribution in [0.5, 0.6) is 5.75 Å². The van der Waals surface area contributed by atoms with E-state index in [1.165, 1.54) is 0 Å². The SMILES string of the molecule is COc1ccccc1CNC(=O)CN1CCC(C#N)CC1. The highest BCUT2D eigenvalue weighted by atomic mass is 16.5. The van der Waals surface area contributed by atoms with Gasteiger partial charge in [-0.05, 0) is 32.0 Å². The number of carbonyl (C=O) groups excluding carboxylic acids is 1. The van der Waals surface area contributed by atoms with Gasteiger partial charge in [-0.15, -0.1) is 0 Å². The van der Waals surface area contributed by atoms with Crippen LogP contribution in [0.25, 0.3) is 0 Å². The number of nitrogens with one attached hydrogen (secondary N) is 1. The minimum absolute atomic E-state index is 0.0105. The Bertz CT molecular complexity index is 516. The van der Waals surface area contributed by atoms with Crippen molar-refractivity contribution in [3.63, 3.8) is 0 Å². The molecule has 1 N–H and O–H groups in total. The normalized spacial score (nSPS) is 16.2. The number of hydrogen-bond donors (Lipinski definition) is 1. The molecule has 0 unspecified atom stereocenters. The Morgan fingerprint density at radius 2 is 2.14 bits per heavy atom. The first-order valence-electron chi connectivity index (χ1n) is 7.23. The van der Waals surface area contributed by atoms with Crippen LogP contribution >= 0.6 is 0 Å². The number of methoxy groups -OCH3 is 1. The van der Waals surface area contributed by atoms with Gasteiger partial charge in [-0.1, -0.05) is 18.2 Å². The van der Waals surface area contributed by atoms with Gasteiger partial charge in [0.2, 0.25) is 5.91 Å². The van der Waals surface area contributed by atoms with Crippen molar-refractivity contribution in [1.29, 1.82) is 5.26 Å². The molecule has 0 spiro atoms. The lowest BCUT2D eigenvalue weighted by molar-refractivity contribution is -0.122. The molecule has 0 radical (unpaired) electrons. The Balaban J connectivity index is 1.76. The van der Waals surface area contributed by atoms with E-state index >= 15 is 0 Å². The minimum Gasteiger partial charge on any atom is -0.496 e. The van der Waals surface area contributed by atoms with Crippen LogP contribution in [0.15, 0.2) is 24.3 Å². The first-order valence-corrected chi connectivity index (χ1v) is 7.23. The first kappa shape index (κ1) is 15.3. The average molecular weight is 287 g/mol. The van der Waals surface area contributed by atoms with Crippen molar-refractivity contribution in [3.8, 4) is 11.8 Å². The molecule has 2 rings (SSSR count). The fourth-order valence-electron chi connectivity index (χ4n) is 2.52. The molecule has 1 aromatic carbocycles. The summed E-state index contributed by atoms with van der Waals surface area (Å²) in [5, 5.41) is 11.8. The Kier molecular flexibility index (Phi) is 5.59. The Morgan fingerprint density at radius 3 is 2.81 bits per heavy atom. The zero-order chi connectivity index (χ0) is 15.1. The fraction of sp³-hybridized carbons (Fsp3) is 0.500. The second kappa shape index (κ2) is 7.65. The Hall–Kier alpha value is -2.06. The first-order chi connectivity index (χ1) is 10.2. The van der Waals surface area contributed by atoms with Crippen molar-refractivity contribution in [2.45, 2.75) is 19.4 Å². The number of ether oxygens (including phenoxy) is 1. The predicted octanol–water partition coefficient (Wildman–Crippen LogP) is 1.55. The maximum absolute atomic E-state index is 12.0. The topological polar surface area (TPSA) is 65.4 Å². The molecule has 1 amide bonds. The van der Waals surface area contributed by atoms with E-state index in [4.69, 9.17) is 10.00 Å². The molecule has 21 heavy (non-hydrogen) atoms. The smallest absolute Gasteiger partial charge is 0.234 e. The lowest BCUT2D eigenvalue weighted by Crippen LogP contribution is -2.41. The van der Waals surface area contributed by atoms with Gasteiger partial charge >= 0.3 is 0 Å². The summed E-state index contributed by atoms with van der Waals surface area (Å²) in [5.41, 5.74) is 0.969. The maximum atomic E-state index is 12.0. The molecule has 1 saturated heterocycles. The van der Waals surface area contributed by atoms with Crippen LogP contribution in [0.3, 0.4) is 0 Å². The quantitative estimate of drug-likeness (QED) is 0.892. The van der Waals surface area contributed by atoms with E-state index in [-0.39, 0.29) is 11.8 Å². The van der Waals surface area contributed by atoms with Crippen molar-refractivity contribution >= 4 is 5.91 Å². The van der Waals surface area contributed by atoms with E-state index in [2.05, 4.69) is 16.3 Å². The van der Waals surface area contributed by atoms with Crippen molar-refractivity contribution in [2.24, 2.45) is 5.92 Å². The van der Waals surface area contributed by atoms with Gasteiger partial charge in [-0.25, -0.2) is 0 Å². The molecular weight excluding hydrogens is 266 g/mol. The zero-order valence-corrected chi connectivity index (χ0v) is 12.3. The van der Waals surface area contributed by atoms with Crippen LogP contribution in [0.4, 0.5) is 0 Å². The molecule has 1 aliphatic rings. The summed E-state index contributed by atoms with van der Waals surface area (Å²) >= 11 is 0. The molecule has 112 valence electrons. The molecule has 1 heterocycles. The third-order valence-electron chi connectivity index (χ3n) is 3.81. The van der Waals surface area contributed by atoms with E-state index in [9.17, 15) is 4.79 Å². The molecule has 0 bridgehead atoms. The third kappa shape index (κ3) is 4.47. The van der Waals surface area contributed by atoms with E-state index in [1.54, 1.807) is 7.11 Å². The molecule has 1 fully saturated rings. The monoisotopic (exact) mass is 287 g/mol. The molecule has 1 aromatic rings. The number of carbonyl (C=O) groups is 1. The summed E-state index contributed by atoms with van der Waals surface area (Å²) in [6, 6.07) is 9.95. The second-order valence-corrected chi connectivity index (χ2v) is 5.27. The van der Waals surface area contributed by atoms with Crippen molar-refractivity contribution in [3.05, 3.63) is 29.8 Å². The lowest BCUT2D eigenvalue weighted by Gasteiger charge is -2.28. The largest absolute Gasteiger partial charge is 0.496 e. The van der Waals surface area contributed by atoms with E-state index in [0.29, 0.717) is 13.1 Å². The van der Waals surface area contributed by atoms with Crippen LogP contribution in [0.2, 0.25) is 0 Å². The molecule has 0 aromatic heterocycles. The summed E-state index contributed by atoms with van der Waals surface area (Å²) in [5.74, 6) is 0.946. The summed E-state index contributed by atoms with van der Waals surface area (Å²) in [6.07, 6.45) is 1.71. The van der Waals surface area contributed by atoms with Crippen LogP contribution in [-0.4, -0.2) is 37.6 Å². The highest BCUT2D eigenvalue weighted by molar-refractivity contribution is 5.78. The van der Waals surface area contributed by atoms with Crippen LogP contribution < -0.4 is 10.1 Å². The molecule has 1 aliphatic heterocycles. The second-order valence-electron chi connectivity index (χ2n) is 5.27. The number of amides is 1. The molecule has 5 nitrogen and oxygen atoms in total. The number of nitriles is 1. The number of rotatable bonds is 5. The van der Waals surface area contributed by atoms with Gasteiger partial charge < -0.3 is 10.1 Å². The highest BCUT2D eigenvalue weighted by Gasteiger charge is 2.20. The van der Waals surface area contributed by atoms with Gasteiger partial charge in [0.15, 0.2) is 0 Å². The Morgan fingerprint density at radius 1 is 1.43 bits per heavy atom. The summed E-state index contributed by atoms with van der Waals surface area (Å²) in [6.45, 7) is 2.51. The van der Waals surface area contributed by atoms with Gasteiger partial charge in [0, 0.05) is 18.0 Å². The number of benzene rings is 1. The number of hydrogen-bond acceptors (Lipinski definition) is 4. The summed E-state index contributed by atoms with van der Waals surface area (Å²) in [4.78, 5) is 14.1. The van der Waals surface area contributed by atoms with Crippen LogP contribution in [-0.2, 0) is 11.3 Å². The van der Waals surface area contributed by atoms with Crippen molar-refractivity contribution in [2.75, 3.05) is 26.7 Å². The summed E-state index contributed by atoms with van der Waals surface area (Å²) in [7, 11) is 1.62. The minimum atomic E-state index is 0.0105. The van der Waals surface area contributed by atoms with Gasteiger partial charge in [-0.2, -0.15) is 5.26 Å². The summed E-state index contributed by atoms with van der Waals surface area (Å²) < 4.78 is 5.26. The van der Waals surface area contributed by atoms with E-state index in [1.807, 2.05) is 24.3 Å². The standard InChI is InChI=1S/C16H21N3O2/c1-21-15-5-3-2-4-14(15)11-18-16(20)12-19-8-6-13(10-17)7-9-19/h2-5,13H,6-9,11-12H2,1H3,(H,18,20). The van der Waals surface area contributed by atoms with Gasteiger partial charge in [0.05, 0.1) is 19.7 Å². The van der Waals surface area contributed by atoms with Crippen molar-refractivity contribution in [1.82, 2.24) is 10.2 Å². The third-order valence-corrected chi connectivity index (χ3v) is 3.81. The maximum Gasteiger partial charge on any atom is 0.234 e. The molecule has 0 saturated carbocycles. The fourth-order valence-corrected chi connectivity index (χ4v) is 2.52. The van der Waals surface area contributed by atoms with Gasteiger partial charge in [0.25, 0.3) is 0 Å². The van der Waals surface area contributed by atoms with Gasteiger partial charge in [0.1, 0.15) is 5.75 Å². The lowest BCUT2D eigenvalue weighted by atomic mass is 9.99. The molecule has 0 atom stereocenters. The number of likely N-dealkylation sites (tertiary alicyclic amines) is 1. The molecular formula is C16H21N3O2. The number of para-hydroxylation sites is 1. The predicted molar refractivity (Wildman–Crippen MR) is 79.6 cm³/mol. The molecule has 5 heteroatoms. The Labute approximate surface area is 125 Å². The average Bonchev–Trinajstić information content (AvgIpc) is 2.54. The number of nitrogens with zero attached hydrogens (tertiary/aromatic N) is 2. The van der Waals surface area contributed by atoms with E-state index < -0.39 is 0 Å². The number of piperidine rings is 1. The highest BCUT2D eigenvalue weighted by Crippen LogP contribution is 2.17. The van der Waals surface area contributed by atoms with Crippen LogP contribution in [0.1, 0.15) is 18.4 Å². The zero-order valence-electron chi connectivity index (χ0n) is 12.3. The van der Waals surface area contributed by atoms with Gasteiger partial charge in [-0.3, -0.25) is 9.69 Å². The molecule has 0 aliphatic carbocycles. The van der Waals surface area contributed by atoms with Crippen molar-refractivity contribution < 1.29 is 9.53 Å². The van der Waals surface area contributed by atoms with Crippen LogP contribution in [0, 0.1) is 17.2 Å².